The third-order valence-electron chi connectivity index (χ3n) is 5.70. The lowest BCUT2D eigenvalue weighted by atomic mass is 10.1. The van der Waals surface area contributed by atoms with Crippen LogP contribution in [-0.4, -0.2) is 57.9 Å². The highest BCUT2D eigenvalue weighted by Gasteiger charge is 2.27. The highest BCUT2D eigenvalue weighted by Crippen LogP contribution is 2.32. The lowest BCUT2D eigenvalue weighted by Gasteiger charge is -2.38. The third kappa shape index (κ3) is 4.31. The van der Waals surface area contributed by atoms with Crippen molar-refractivity contribution in [1.29, 1.82) is 0 Å². The van der Waals surface area contributed by atoms with Gasteiger partial charge in [0.05, 0.1) is 13.3 Å². The zero-order valence-corrected chi connectivity index (χ0v) is 18.5. The van der Waals surface area contributed by atoms with Crippen molar-refractivity contribution in [3.63, 3.8) is 0 Å². The number of likely N-dealkylation sites (N-methyl/N-ethyl adjacent to an activating group) is 1. The van der Waals surface area contributed by atoms with Crippen LogP contribution >= 0.6 is 0 Å². The summed E-state index contributed by atoms with van der Waals surface area (Å²) in [6.07, 6.45) is 11.1. The van der Waals surface area contributed by atoms with Crippen molar-refractivity contribution in [2.24, 2.45) is 0 Å². The number of H-pyrrole nitrogens is 1. The Kier molecular flexibility index (Phi) is 5.55. The molecule has 4 aromatic rings. The minimum Gasteiger partial charge on any atom is -0.494 e. The van der Waals surface area contributed by atoms with E-state index in [0.717, 1.165) is 53.1 Å². The van der Waals surface area contributed by atoms with Gasteiger partial charge in [0, 0.05) is 53.8 Å². The molecule has 0 unspecified atom stereocenters. The molecule has 5 rings (SSSR count). The van der Waals surface area contributed by atoms with E-state index in [1.807, 2.05) is 30.5 Å². The quantitative estimate of drug-likeness (QED) is 0.422. The van der Waals surface area contributed by atoms with E-state index in [1.165, 1.54) is 0 Å². The molecule has 0 amide bonds. The summed E-state index contributed by atoms with van der Waals surface area (Å²) in [5.41, 5.74) is 4.16. The summed E-state index contributed by atoms with van der Waals surface area (Å²) in [7, 11) is 1.60. The Morgan fingerprint density at radius 1 is 1.18 bits per heavy atom. The van der Waals surface area contributed by atoms with E-state index in [1.54, 1.807) is 25.6 Å². The predicted octanol–water partition coefficient (Wildman–Crippen LogP) is 3.84. The van der Waals surface area contributed by atoms with Crippen LogP contribution in [0, 0.1) is 12.3 Å². The van der Waals surface area contributed by atoms with Gasteiger partial charge in [-0.3, -0.25) is 10.00 Å². The summed E-state index contributed by atoms with van der Waals surface area (Å²) in [5.74, 6) is 4.47. The normalized spacial score (nSPS) is 14.0. The molecule has 0 spiro atoms. The summed E-state index contributed by atoms with van der Waals surface area (Å²) in [6.45, 7) is 5.06. The molecule has 0 aliphatic carbocycles. The van der Waals surface area contributed by atoms with E-state index in [9.17, 15) is 0 Å². The maximum atomic E-state index is 6.24. The fourth-order valence-electron chi connectivity index (χ4n) is 3.90. The average molecular weight is 441 g/mol. The number of aromatic nitrogens is 4. The zero-order valence-electron chi connectivity index (χ0n) is 18.5. The number of benzene rings is 2. The molecule has 8 heteroatoms. The third-order valence-corrected chi connectivity index (χ3v) is 5.70. The summed E-state index contributed by atoms with van der Waals surface area (Å²) in [4.78, 5) is 11.5. The molecule has 0 atom stereocenters. The number of nitrogens with zero attached hydrogens (tertiary/aromatic N) is 4. The molecule has 0 radical (unpaired) electrons. The lowest BCUT2D eigenvalue weighted by Crippen LogP contribution is -2.53. The number of terminal acetylenes is 1. The van der Waals surface area contributed by atoms with Crippen LogP contribution in [0.25, 0.3) is 22.0 Å². The van der Waals surface area contributed by atoms with Crippen LogP contribution in [0.5, 0.6) is 11.5 Å². The summed E-state index contributed by atoms with van der Waals surface area (Å²) in [6, 6.07) is 9.66. The molecular formula is C25H24N6O2. The second kappa shape index (κ2) is 8.81. The fourth-order valence-corrected chi connectivity index (χ4v) is 3.90. The van der Waals surface area contributed by atoms with Crippen LogP contribution in [-0.2, 0) is 0 Å². The first kappa shape index (κ1) is 20.8. The number of methoxy groups -OCH3 is 1. The van der Waals surface area contributed by atoms with Crippen molar-refractivity contribution < 1.29 is 9.47 Å². The molecule has 3 heterocycles. The van der Waals surface area contributed by atoms with E-state index in [4.69, 9.17) is 15.9 Å². The molecule has 2 N–H and O–H groups in total. The zero-order chi connectivity index (χ0) is 22.8. The number of fused-ring (bicyclic) bond motifs is 1. The summed E-state index contributed by atoms with van der Waals surface area (Å²) >= 11 is 0. The van der Waals surface area contributed by atoms with Crippen LogP contribution in [0.1, 0.15) is 12.5 Å². The number of aromatic amines is 1. The van der Waals surface area contributed by atoms with Crippen molar-refractivity contribution in [2.75, 3.05) is 32.1 Å². The molecule has 2 aromatic heterocycles. The van der Waals surface area contributed by atoms with Gasteiger partial charge >= 0.3 is 0 Å². The minimum absolute atomic E-state index is 0.184. The monoisotopic (exact) mass is 440 g/mol. The first-order chi connectivity index (χ1) is 16.1. The first-order valence-electron chi connectivity index (χ1n) is 10.8. The second-order valence-corrected chi connectivity index (χ2v) is 7.90. The topological polar surface area (TPSA) is 88.2 Å². The van der Waals surface area contributed by atoms with Crippen molar-refractivity contribution in [1.82, 2.24) is 25.1 Å². The Bertz CT molecular complexity index is 1320. The van der Waals surface area contributed by atoms with Gasteiger partial charge in [0.25, 0.3) is 0 Å². The van der Waals surface area contributed by atoms with Gasteiger partial charge in [-0.1, -0.05) is 12.8 Å². The molecule has 1 aliphatic heterocycles. The van der Waals surface area contributed by atoms with E-state index >= 15 is 0 Å². The van der Waals surface area contributed by atoms with Gasteiger partial charge in [-0.15, -0.1) is 6.42 Å². The maximum Gasteiger partial charge on any atom is 0.227 e. The SMILES string of the molecule is C#Cc1cc(OC)c2nc(Nc3cc(OC4CN(CC)C4)cc(-c4cn[nH]c4)c3)ncc2c1. The number of ether oxygens (including phenoxy) is 2. The van der Waals surface area contributed by atoms with E-state index < -0.39 is 0 Å². The molecule has 0 saturated carbocycles. The minimum atomic E-state index is 0.184. The van der Waals surface area contributed by atoms with Gasteiger partial charge in [0.2, 0.25) is 5.95 Å². The van der Waals surface area contributed by atoms with E-state index in [0.29, 0.717) is 17.2 Å². The van der Waals surface area contributed by atoms with Crippen LogP contribution in [0.2, 0.25) is 0 Å². The smallest absolute Gasteiger partial charge is 0.227 e. The molecule has 1 saturated heterocycles. The lowest BCUT2D eigenvalue weighted by molar-refractivity contribution is 0.0239. The van der Waals surface area contributed by atoms with Crippen molar-refractivity contribution in [3.05, 3.63) is 54.5 Å². The van der Waals surface area contributed by atoms with Crippen molar-refractivity contribution in [3.8, 4) is 35.0 Å². The standard InChI is InChI=1S/C25H24N6O2/c1-4-16-6-18-11-26-25(30-24(18)23(7-16)32-3)29-20-8-17(19-12-27-28-13-19)9-21(10-20)33-22-14-31(5-2)15-22/h1,6-13,22H,5,14-15H2,2-3H3,(H,27,28)(H,26,29,30). The second-order valence-electron chi connectivity index (χ2n) is 7.90. The summed E-state index contributed by atoms with van der Waals surface area (Å²) < 4.78 is 11.7. The summed E-state index contributed by atoms with van der Waals surface area (Å²) in [5, 5.41) is 11.1. The van der Waals surface area contributed by atoms with Gasteiger partial charge in [-0.25, -0.2) is 9.97 Å². The van der Waals surface area contributed by atoms with Gasteiger partial charge in [0.1, 0.15) is 23.1 Å². The van der Waals surface area contributed by atoms with Gasteiger partial charge in [-0.2, -0.15) is 5.10 Å². The molecule has 8 nitrogen and oxygen atoms in total. The first-order valence-corrected chi connectivity index (χ1v) is 10.8. The Morgan fingerprint density at radius 2 is 2.06 bits per heavy atom. The predicted molar refractivity (Wildman–Crippen MR) is 128 cm³/mol. The van der Waals surface area contributed by atoms with E-state index in [-0.39, 0.29) is 6.10 Å². The number of hydrogen-bond donors (Lipinski definition) is 2. The number of hydrogen-bond acceptors (Lipinski definition) is 7. The number of anilines is 2. The number of likely N-dealkylation sites (tertiary alicyclic amines) is 1. The van der Waals surface area contributed by atoms with Crippen molar-refractivity contribution >= 4 is 22.5 Å². The number of nitrogens with one attached hydrogen (secondary N) is 2. The Hall–Kier alpha value is -4.09. The van der Waals surface area contributed by atoms with Crippen LogP contribution in [0.4, 0.5) is 11.6 Å². The van der Waals surface area contributed by atoms with Gasteiger partial charge in [-0.05, 0) is 36.4 Å². The molecule has 1 aliphatic rings. The fraction of sp³-hybridized carbons (Fsp3) is 0.240. The molecule has 1 fully saturated rings. The van der Waals surface area contributed by atoms with Crippen LogP contribution in [0.3, 0.4) is 0 Å². The van der Waals surface area contributed by atoms with Gasteiger partial charge in [0.15, 0.2) is 0 Å². The molecule has 33 heavy (non-hydrogen) atoms. The Morgan fingerprint density at radius 3 is 2.79 bits per heavy atom. The molecule has 166 valence electrons. The number of rotatable bonds is 7. The van der Waals surface area contributed by atoms with Crippen molar-refractivity contribution in [2.45, 2.75) is 13.0 Å². The van der Waals surface area contributed by atoms with Gasteiger partial charge < -0.3 is 14.8 Å². The molecular weight excluding hydrogens is 416 g/mol. The van der Waals surface area contributed by atoms with Crippen LogP contribution < -0.4 is 14.8 Å². The maximum absolute atomic E-state index is 6.24. The Balaban J connectivity index is 1.47. The van der Waals surface area contributed by atoms with Crippen LogP contribution in [0.15, 0.2) is 48.9 Å². The highest BCUT2D eigenvalue weighted by molar-refractivity contribution is 5.86. The molecule has 0 bridgehead atoms. The highest BCUT2D eigenvalue weighted by atomic mass is 16.5. The largest absolute Gasteiger partial charge is 0.494 e. The average Bonchev–Trinajstić information content (AvgIpc) is 3.35. The Labute approximate surface area is 192 Å². The molecule has 2 aromatic carbocycles. The van der Waals surface area contributed by atoms with E-state index in [2.05, 4.69) is 43.2 Å².